The number of ether oxygens (including phenoxy) is 2. The molecule has 1 fully saturated rings. The van der Waals surface area contributed by atoms with Crippen LogP contribution in [0.4, 0.5) is 10.7 Å². The third-order valence-corrected chi connectivity index (χ3v) is 7.32. The fourth-order valence-electron chi connectivity index (χ4n) is 4.25. The van der Waals surface area contributed by atoms with E-state index in [0.717, 1.165) is 35.5 Å². The lowest BCUT2D eigenvalue weighted by molar-refractivity contribution is 0.0252. The maximum Gasteiger partial charge on any atom is 0.410 e. The maximum absolute atomic E-state index is 12.9. The maximum atomic E-state index is 12.9. The Balaban J connectivity index is 1.92. The number of hydrogen-bond acceptors (Lipinski definition) is 9. The molecule has 12 heteroatoms. The topological polar surface area (TPSA) is 149 Å². The summed E-state index contributed by atoms with van der Waals surface area (Å²) < 4.78 is 40.0. The molecule has 2 aromatic rings. The van der Waals surface area contributed by atoms with E-state index in [1.165, 1.54) is 7.05 Å². The number of carbonyl (C=O) groups excluding carboxylic acids is 1. The summed E-state index contributed by atoms with van der Waals surface area (Å²) in [5.74, 6) is 0.0662. The minimum absolute atomic E-state index is 0.155. The van der Waals surface area contributed by atoms with Gasteiger partial charge < -0.3 is 20.1 Å². The van der Waals surface area contributed by atoms with Crippen molar-refractivity contribution in [1.29, 1.82) is 0 Å². The second-order valence-electron chi connectivity index (χ2n) is 10.4. The molecule has 0 aliphatic carbocycles. The molecule has 0 bridgehead atoms. The van der Waals surface area contributed by atoms with E-state index in [1.807, 2.05) is 52.8 Å². The Morgan fingerprint density at radius 2 is 1.87 bits per heavy atom. The lowest BCUT2D eigenvalue weighted by atomic mass is 10.00. The third kappa shape index (κ3) is 8.16. The quantitative estimate of drug-likeness (QED) is 0.481. The van der Waals surface area contributed by atoms with Crippen molar-refractivity contribution in [3.05, 3.63) is 46.5 Å². The van der Waals surface area contributed by atoms with Crippen LogP contribution in [-0.4, -0.2) is 67.4 Å². The Morgan fingerprint density at radius 3 is 2.49 bits per heavy atom. The lowest BCUT2D eigenvalue weighted by Crippen LogP contribution is -2.37. The predicted octanol–water partition coefficient (Wildman–Crippen LogP) is 4.17. The molecule has 3 rings (SSSR count). The molecule has 212 valence electrons. The highest BCUT2D eigenvalue weighted by Gasteiger charge is 2.27. The summed E-state index contributed by atoms with van der Waals surface area (Å²) in [5.41, 5.74) is 8.25. The van der Waals surface area contributed by atoms with E-state index in [-0.39, 0.29) is 28.9 Å². The Labute approximate surface area is 230 Å². The average Bonchev–Trinajstić information content (AvgIpc) is 3.06. The summed E-state index contributed by atoms with van der Waals surface area (Å²) in [6.45, 7) is 10.5. The second kappa shape index (κ2) is 12.5. The Morgan fingerprint density at radius 1 is 1.18 bits per heavy atom. The number of aromatic nitrogens is 2. The highest BCUT2D eigenvalue weighted by atomic mass is 32.2. The fraction of sp³-hybridized carbons (Fsp3) is 0.481. The molecule has 2 heterocycles. The summed E-state index contributed by atoms with van der Waals surface area (Å²) in [5, 5.41) is 0. The lowest BCUT2D eigenvalue weighted by Gasteiger charge is -2.26. The fourth-order valence-corrected chi connectivity index (χ4v) is 5.12. The summed E-state index contributed by atoms with van der Waals surface area (Å²) >= 11 is 0. The highest BCUT2D eigenvalue weighted by Crippen LogP contribution is 2.30. The first-order valence-electron chi connectivity index (χ1n) is 12.8. The third-order valence-electron chi connectivity index (χ3n) is 6.01. The standard InChI is InChI=1S/C27H38N6O5S/c1-18-9-7-10-19(2)24(18)22-15-23(31-25(30-22)32-39(35,36)21(16-28)17-29-6)37-20-11-8-13-33(14-12-20)26(34)38-27(3,4)5/h7,9-10,15-17,20H,8,11-14,28H2,1-6H3,(H,30,31,32). The molecular formula is C27H38N6O5S. The van der Waals surface area contributed by atoms with Crippen LogP contribution in [0.15, 0.2) is 40.4 Å². The molecule has 1 amide bonds. The average molecular weight is 559 g/mol. The van der Waals surface area contributed by atoms with Crippen molar-refractivity contribution < 1.29 is 22.7 Å². The molecule has 3 N–H and O–H groups in total. The second-order valence-corrected chi connectivity index (χ2v) is 12.1. The molecule has 1 aromatic carbocycles. The van der Waals surface area contributed by atoms with Crippen molar-refractivity contribution >= 4 is 28.3 Å². The molecule has 1 saturated heterocycles. The van der Waals surface area contributed by atoms with Crippen LogP contribution in [0.3, 0.4) is 0 Å². The van der Waals surface area contributed by atoms with Gasteiger partial charge in [0.2, 0.25) is 11.8 Å². The summed E-state index contributed by atoms with van der Waals surface area (Å²) in [6, 6.07) is 7.56. The Bertz CT molecular complexity index is 1330. The van der Waals surface area contributed by atoms with Crippen molar-refractivity contribution in [3.8, 4) is 17.1 Å². The monoisotopic (exact) mass is 558 g/mol. The SMILES string of the molecule is CN=CC(=CN)S(=O)(=O)Nc1nc(OC2CCCN(C(=O)OC(C)(C)C)CC2)cc(-c2c(C)cccc2C)n1. The van der Waals surface area contributed by atoms with Crippen LogP contribution >= 0.6 is 0 Å². The zero-order chi connectivity index (χ0) is 28.8. The number of nitrogens with one attached hydrogen (secondary N) is 1. The van der Waals surface area contributed by atoms with Gasteiger partial charge in [-0.1, -0.05) is 18.2 Å². The number of rotatable bonds is 7. The number of likely N-dealkylation sites (tertiary alicyclic amines) is 1. The van der Waals surface area contributed by atoms with Crippen LogP contribution in [0, 0.1) is 13.8 Å². The summed E-state index contributed by atoms with van der Waals surface area (Å²) in [4.78, 5) is 26.6. The van der Waals surface area contributed by atoms with E-state index in [4.69, 9.17) is 15.2 Å². The van der Waals surface area contributed by atoms with Crippen LogP contribution in [0.5, 0.6) is 5.88 Å². The number of hydrogen-bond donors (Lipinski definition) is 2. The molecule has 1 aliphatic rings. The van der Waals surface area contributed by atoms with Gasteiger partial charge in [-0.05, 0) is 58.6 Å². The first-order chi connectivity index (χ1) is 18.3. The van der Waals surface area contributed by atoms with Crippen LogP contribution in [-0.2, 0) is 14.8 Å². The van der Waals surface area contributed by atoms with E-state index in [9.17, 15) is 13.2 Å². The van der Waals surface area contributed by atoms with Gasteiger partial charge in [-0.25, -0.2) is 22.9 Å². The predicted molar refractivity (Wildman–Crippen MR) is 152 cm³/mol. The van der Waals surface area contributed by atoms with E-state index >= 15 is 0 Å². The molecule has 0 radical (unpaired) electrons. The van der Waals surface area contributed by atoms with Crippen molar-refractivity contribution in [3.63, 3.8) is 0 Å². The molecule has 11 nitrogen and oxygen atoms in total. The minimum atomic E-state index is -4.10. The van der Waals surface area contributed by atoms with Gasteiger partial charge in [0.25, 0.3) is 10.0 Å². The first kappa shape index (κ1) is 29.9. The van der Waals surface area contributed by atoms with E-state index in [0.29, 0.717) is 31.6 Å². The molecule has 1 unspecified atom stereocenters. The number of anilines is 1. The number of aliphatic imine (C=N–C) groups is 1. The van der Waals surface area contributed by atoms with Crippen LogP contribution in [0.25, 0.3) is 11.3 Å². The molecule has 1 aromatic heterocycles. The number of amides is 1. The van der Waals surface area contributed by atoms with Gasteiger partial charge in [0.1, 0.15) is 16.6 Å². The molecule has 39 heavy (non-hydrogen) atoms. The van der Waals surface area contributed by atoms with Crippen molar-refractivity contribution in [2.24, 2.45) is 10.7 Å². The van der Waals surface area contributed by atoms with Crippen LogP contribution < -0.4 is 15.2 Å². The Kier molecular flexibility index (Phi) is 9.54. The number of sulfonamides is 1. The zero-order valence-corrected chi connectivity index (χ0v) is 24.2. The van der Waals surface area contributed by atoms with Gasteiger partial charge in [-0.15, -0.1) is 0 Å². The highest BCUT2D eigenvalue weighted by molar-refractivity contribution is 7.97. The molecule has 1 aliphatic heterocycles. The van der Waals surface area contributed by atoms with Gasteiger partial charge in [0.05, 0.1) is 5.69 Å². The Hall–Kier alpha value is -3.67. The largest absolute Gasteiger partial charge is 0.474 e. The number of aryl methyl sites for hydroxylation is 2. The van der Waals surface area contributed by atoms with E-state index in [1.54, 1.807) is 11.0 Å². The van der Waals surface area contributed by atoms with E-state index < -0.39 is 15.6 Å². The first-order valence-corrected chi connectivity index (χ1v) is 14.3. The molecular weight excluding hydrogens is 520 g/mol. The number of benzene rings is 1. The van der Waals surface area contributed by atoms with Gasteiger partial charge in [-0.2, -0.15) is 4.98 Å². The number of allylic oxidation sites excluding steroid dienone is 1. The van der Waals surface area contributed by atoms with Crippen molar-refractivity contribution in [2.45, 2.75) is 65.6 Å². The van der Waals surface area contributed by atoms with Gasteiger partial charge in [0.15, 0.2) is 0 Å². The summed E-state index contributed by atoms with van der Waals surface area (Å²) in [7, 11) is -2.65. The summed E-state index contributed by atoms with van der Waals surface area (Å²) in [6.07, 6.45) is 3.47. The smallest absolute Gasteiger partial charge is 0.410 e. The molecule has 0 saturated carbocycles. The van der Waals surface area contributed by atoms with Gasteiger partial charge >= 0.3 is 6.09 Å². The van der Waals surface area contributed by atoms with Crippen molar-refractivity contribution in [1.82, 2.24) is 14.9 Å². The number of carbonyl (C=O) groups is 1. The van der Waals surface area contributed by atoms with Gasteiger partial charge in [-0.3, -0.25) is 4.99 Å². The van der Waals surface area contributed by atoms with Crippen LogP contribution in [0.2, 0.25) is 0 Å². The van der Waals surface area contributed by atoms with Gasteiger partial charge in [0, 0.05) is 50.6 Å². The zero-order valence-electron chi connectivity index (χ0n) is 23.4. The van der Waals surface area contributed by atoms with Crippen LogP contribution in [0.1, 0.15) is 51.2 Å². The van der Waals surface area contributed by atoms with E-state index in [2.05, 4.69) is 19.7 Å². The molecule has 1 atom stereocenters. The normalized spacial score (nSPS) is 17.1. The minimum Gasteiger partial charge on any atom is -0.474 e. The molecule has 0 spiro atoms. The van der Waals surface area contributed by atoms with Crippen molar-refractivity contribution in [2.75, 3.05) is 24.9 Å². The number of nitrogens with two attached hydrogens (primary N) is 1. The number of nitrogens with zero attached hydrogens (tertiary/aromatic N) is 4.